The minimum Gasteiger partial charge on any atom is -0.460 e. The van der Waals surface area contributed by atoms with Gasteiger partial charge in [0.2, 0.25) is 5.91 Å². The molecule has 3 atom stereocenters. The van der Waals surface area contributed by atoms with Crippen LogP contribution in [0, 0.1) is 5.41 Å². The molecule has 2 aromatic carbocycles. The van der Waals surface area contributed by atoms with E-state index in [0.29, 0.717) is 38.8 Å². The highest BCUT2D eigenvalue weighted by atomic mass is 16.5. The van der Waals surface area contributed by atoms with Gasteiger partial charge in [0.05, 0.1) is 5.60 Å². The first-order valence-corrected chi connectivity index (χ1v) is 12.2. The van der Waals surface area contributed by atoms with Gasteiger partial charge in [0.25, 0.3) is 0 Å². The van der Waals surface area contributed by atoms with Gasteiger partial charge in [-0.3, -0.25) is 9.59 Å². The maximum atomic E-state index is 14.0. The Morgan fingerprint density at radius 3 is 2.45 bits per heavy atom. The molecule has 1 N–H and O–H groups in total. The third kappa shape index (κ3) is 5.14. The molecule has 0 spiro atoms. The van der Waals surface area contributed by atoms with Crippen molar-refractivity contribution in [2.75, 3.05) is 13.1 Å². The molecule has 4 rings (SSSR count). The third-order valence-electron chi connectivity index (χ3n) is 7.35. The lowest BCUT2D eigenvalue weighted by atomic mass is 9.65. The van der Waals surface area contributed by atoms with Gasteiger partial charge >= 0.3 is 5.97 Å². The molecule has 33 heavy (non-hydrogen) atoms. The molecule has 1 heterocycles. The van der Waals surface area contributed by atoms with Crippen molar-refractivity contribution in [1.29, 1.82) is 0 Å². The lowest BCUT2D eigenvalue weighted by Crippen LogP contribution is -2.55. The van der Waals surface area contributed by atoms with Crippen molar-refractivity contribution in [1.82, 2.24) is 4.90 Å². The normalized spacial score (nSPS) is 27.3. The van der Waals surface area contributed by atoms with Crippen LogP contribution < -0.4 is 0 Å². The van der Waals surface area contributed by atoms with Crippen molar-refractivity contribution in [3.8, 4) is 0 Å². The van der Waals surface area contributed by atoms with Crippen molar-refractivity contribution in [3.63, 3.8) is 0 Å². The minimum absolute atomic E-state index is 0.132. The van der Waals surface area contributed by atoms with Crippen molar-refractivity contribution in [3.05, 3.63) is 71.8 Å². The first-order valence-electron chi connectivity index (χ1n) is 12.2. The molecule has 2 fully saturated rings. The van der Waals surface area contributed by atoms with E-state index in [-0.39, 0.29) is 24.9 Å². The fourth-order valence-electron chi connectivity index (χ4n) is 5.69. The Hall–Kier alpha value is -2.66. The van der Waals surface area contributed by atoms with Crippen molar-refractivity contribution in [2.45, 2.75) is 70.0 Å². The number of nitrogens with zero attached hydrogens (tertiary/aromatic N) is 1. The fraction of sp³-hybridized carbons (Fsp3) is 0.500. The summed E-state index contributed by atoms with van der Waals surface area (Å²) in [5.41, 5.74) is -0.215. The van der Waals surface area contributed by atoms with E-state index in [1.807, 2.05) is 60.4 Å². The zero-order valence-corrected chi connectivity index (χ0v) is 19.5. The Morgan fingerprint density at radius 2 is 1.76 bits per heavy atom. The maximum Gasteiger partial charge on any atom is 0.322 e. The van der Waals surface area contributed by atoms with E-state index in [1.54, 1.807) is 0 Å². The molecule has 1 saturated heterocycles. The summed E-state index contributed by atoms with van der Waals surface area (Å²) in [6.45, 7) is 3.38. The van der Waals surface area contributed by atoms with E-state index >= 15 is 0 Å². The molecule has 176 valence electrons. The topological polar surface area (TPSA) is 66.8 Å². The van der Waals surface area contributed by atoms with Crippen LogP contribution in [-0.4, -0.2) is 40.6 Å². The van der Waals surface area contributed by atoms with Gasteiger partial charge in [0.15, 0.2) is 0 Å². The van der Waals surface area contributed by atoms with E-state index in [9.17, 15) is 14.7 Å². The Labute approximate surface area is 196 Å². The number of likely N-dealkylation sites (tertiary alicyclic amines) is 1. The zero-order valence-electron chi connectivity index (χ0n) is 19.5. The number of aliphatic hydroxyl groups is 1. The first-order chi connectivity index (χ1) is 16.0. The monoisotopic (exact) mass is 449 g/mol. The standard InChI is InChI=1S/C28H35NO4/c1-2-15-27(32)16-9-17-28(21-27,26(31)33-20-22-10-5-3-6-11-22)25(30)29-18-14-24(19-29)23-12-7-4-8-13-23/h3-8,10-13,24,32H,2,9,14-21H2,1H3/t24-,27?,28-/m0/s1. The van der Waals surface area contributed by atoms with Crippen LogP contribution in [0.4, 0.5) is 0 Å². The molecule has 0 bridgehead atoms. The summed E-state index contributed by atoms with van der Waals surface area (Å²) in [6, 6.07) is 19.8. The Bertz CT molecular complexity index is 943. The van der Waals surface area contributed by atoms with E-state index in [2.05, 4.69) is 12.1 Å². The van der Waals surface area contributed by atoms with Gasteiger partial charge in [0, 0.05) is 25.4 Å². The molecule has 1 aliphatic carbocycles. The highest BCUT2D eigenvalue weighted by Crippen LogP contribution is 2.47. The number of esters is 1. The number of carbonyl (C=O) groups is 2. The van der Waals surface area contributed by atoms with Crippen LogP contribution in [0.15, 0.2) is 60.7 Å². The second kappa shape index (κ2) is 10.1. The highest BCUT2D eigenvalue weighted by molar-refractivity contribution is 6.03. The number of ether oxygens (including phenoxy) is 1. The summed E-state index contributed by atoms with van der Waals surface area (Å²) in [5.74, 6) is -0.396. The molecule has 5 nitrogen and oxygen atoms in total. The summed E-state index contributed by atoms with van der Waals surface area (Å²) < 4.78 is 5.74. The van der Waals surface area contributed by atoms with Crippen LogP contribution in [0.3, 0.4) is 0 Å². The average Bonchev–Trinajstić information content (AvgIpc) is 3.33. The van der Waals surface area contributed by atoms with E-state index < -0.39 is 17.0 Å². The molecule has 2 aromatic rings. The molecule has 2 aliphatic rings. The van der Waals surface area contributed by atoms with Gasteiger partial charge in [-0.2, -0.15) is 0 Å². The van der Waals surface area contributed by atoms with Gasteiger partial charge in [-0.1, -0.05) is 74.0 Å². The molecular weight excluding hydrogens is 414 g/mol. The van der Waals surface area contributed by atoms with Crippen molar-refractivity contribution >= 4 is 11.9 Å². The third-order valence-corrected chi connectivity index (χ3v) is 7.35. The maximum absolute atomic E-state index is 14.0. The number of rotatable bonds is 7. The Morgan fingerprint density at radius 1 is 1.06 bits per heavy atom. The predicted molar refractivity (Wildman–Crippen MR) is 127 cm³/mol. The van der Waals surface area contributed by atoms with Gasteiger partial charge in [-0.15, -0.1) is 0 Å². The van der Waals surface area contributed by atoms with Crippen LogP contribution in [0.5, 0.6) is 0 Å². The second-order valence-corrected chi connectivity index (χ2v) is 9.80. The predicted octanol–water partition coefficient (Wildman–Crippen LogP) is 4.84. The van der Waals surface area contributed by atoms with Crippen molar-refractivity contribution < 1.29 is 19.4 Å². The van der Waals surface area contributed by atoms with Crippen LogP contribution in [0.25, 0.3) is 0 Å². The average molecular weight is 450 g/mol. The molecule has 1 aliphatic heterocycles. The largest absolute Gasteiger partial charge is 0.460 e. The number of hydrogen-bond acceptors (Lipinski definition) is 4. The number of amides is 1. The molecule has 0 radical (unpaired) electrons. The van der Waals surface area contributed by atoms with Crippen LogP contribution in [-0.2, 0) is 20.9 Å². The summed E-state index contributed by atoms with van der Waals surface area (Å²) >= 11 is 0. The van der Waals surface area contributed by atoms with Crippen LogP contribution in [0.2, 0.25) is 0 Å². The summed E-state index contributed by atoms with van der Waals surface area (Å²) in [5, 5.41) is 11.3. The lowest BCUT2D eigenvalue weighted by molar-refractivity contribution is -0.177. The van der Waals surface area contributed by atoms with E-state index in [1.165, 1.54) is 5.56 Å². The first kappa shape index (κ1) is 23.5. The Kier molecular flexibility index (Phi) is 7.18. The number of hydrogen-bond donors (Lipinski definition) is 1. The van der Waals surface area contributed by atoms with Gasteiger partial charge < -0.3 is 14.7 Å². The van der Waals surface area contributed by atoms with Gasteiger partial charge in [-0.25, -0.2) is 0 Å². The number of carbonyl (C=O) groups excluding carboxylic acids is 2. The minimum atomic E-state index is -1.32. The Balaban J connectivity index is 1.55. The number of benzene rings is 2. The second-order valence-electron chi connectivity index (χ2n) is 9.80. The van der Waals surface area contributed by atoms with E-state index in [4.69, 9.17) is 4.74 Å². The van der Waals surface area contributed by atoms with Crippen LogP contribution >= 0.6 is 0 Å². The van der Waals surface area contributed by atoms with Gasteiger partial charge in [0.1, 0.15) is 12.0 Å². The molecule has 5 heteroatoms. The molecular formula is C28H35NO4. The zero-order chi connectivity index (χ0) is 23.3. The lowest BCUT2D eigenvalue weighted by Gasteiger charge is -2.44. The SMILES string of the molecule is CCCC1(O)CCC[C@@](C(=O)OCc2ccccc2)(C(=O)N2CC[C@H](c3ccccc3)C2)C1. The van der Waals surface area contributed by atoms with E-state index in [0.717, 1.165) is 18.4 Å². The summed E-state index contributed by atoms with van der Waals surface area (Å²) in [4.78, 5) is 29.3. The van der Waals surface area contributed by atoms with Gasteiger partial charge in [-0.05, 0) is 43.2 Å². The molecule has 1 saturated carbocycles. The highest BCUT2D eigenvalue weighted by Gasteiger charge is 2.56. The van der Waals surface area contributed by atoms with Crippen molar-refractivity contribution in [2.24, 2.45) is 5.41 Å². The molecule has 0 aromatic heterocycles. The smallest absolute Gasteiger partial charge is 0.322 e. The fourth-order valence-corrected chi connectivity index (χ4v) is 5.69. The molecule has 1 unspecified atom stereocenters. The molecule has 1 amide bonds. The summed E-state index contributed by atoms with van der Waals surface area (Å²) in [7, 11) is 0. The van der Waals surface area contributed by atoms with Crippen LogP contribution in [0.1, 0.15) is 68.9 Å². The summed E-state index contributed by atoms with van der Waals surface area (Å²) in [6.07, 6.45) is 4.10. The quantitative estimate of drug-likeness (QED) is 0.485.